The van der Waals surface area contributed by atoms with Crippen molar-refractivity contribution in [2.75, 3.05) is 5.32 Å². The van der Waals surface area contributed by atoms with E-state index in [-0.39, 0.29) is 11.5 Å². The highest BCUT2D eigenvalue weighted by Gasteiger charge is 2.12. The van der Waals surface area contributed by atoms with Crippen LogP contribution in [-0.4, -0.2) is 17.6 Å². The van der Waals surface area contributed by atoms with Gasteiger partial charge in [-0.1, -0.05) is 0 Å². The van der Waals surface area contributed by atoms with Crippen molar-refractivity contribution in [2.24, 2.45) is 5.73 Å². The maximum atomic E-state index is 11.4. The van der Waals surface area contributed by atoms with Gasteiger partial charge in [-0.15, -0.1) is 0 Å². The second-order valence-corrected chi connectivity index (χ2v) is 5.02. The summed E-state index contributed by atoms with van der Waals surface area (Å²) in [6.45, 7) is 7.60. The molecule has 0 saturated heterocycles. The molecule has 3 N–H and O–H groups in total. The maximum absolute atomic E-state index is 11.4. The highest BCUT2D eigenvalue weighted by atomic mass is 16.5. The van der Waals surface area contributed by atoms with Gasteiger partial charge in [0.15, 0.2) is 0 Å². The molecule has 0 spiro atoms. The third kappa shape index (κ3) is 4.87. The summed E-state index contributed by atoms with van der Waals surface area (Å²) < 4.78 is 5.67. The Morgan fingerprint density at radius 3 is 2.24 bits per heavy atom. The molecule has 0 radical (unpaired) electrons. The second kappa shape index (κ2) is 5.19. The van der Waals surface area contributed by atoms with Crippen LogP contribution in [0.2, 0.25) is 0 Å². The predicted molar refractivity (Wildman–Crippen MR) is 69.1 cm³/mol. The lowest BCUT2D eigenvalue weighted by atomic mass is 10.2. The molecule has 4 nitrogen and oxygen atoms in total. The molecular weight excluding hydrogens is 216 g/mol. The molecule has 0 saturated carbocycles. The van der Waals surface area contributed by atoms with Crippen LogP contribution in [0.5, 0.6) is 5.75 Å². The summed E-state index contributed by atoms with van der Waals surface area (Å²) in [5.41, 5.74) is 5.95. The van der Waals surface area contributed by atoms with Crippen LogP contribution in [0.25, 0.3) is 0 Å². The van der Waals surface area contributed by atoms with Gasteiger partial charge in [-0.3, -0.25) is 4.79 Å². The quantitative estimate of drug-likeness (QED) is 0.845. The van der Waals surface area contributed by atoms with Gasteiger partial charge in [-0.2, -0.15) is 0 Å². The van der Waals surface area contributed by atoms with Crippen molar-refractivity contribution in [3.05, 3.63) is 24.3 Å². The van der Waals surface area contributed by atoms with Crippen molar-refractivity contribution in [3.8, 4) is 5.75 Å². The normalized spacial score (nSPS) is 13.0. The van der Waals surface area contributed by atoms with Gasteiger partial charge >= 0.3 is 0 Å². The number of carbonyl (C=O) groups is 1. The summed E-state index contributed by atoms with van der Waals surface area (Å²) in [6.07, 6.45) is 0. The Hall–Kier alpha value is -1.55. The topological polar surface area (TPSA) is 64.4 Å². The first kappa shape index (κ1) is 13.5. The van der Waals surface area contributed by atoms with Crippen LogP contribution >= 0.6 is 0 Å². The van der Waals surface area contributed by atoms with Crippen LogP contribution in [-0.2, 0) is 4.79 Å². The highest BCUT2D eigenvalue weighted by Crippen LogP contribution is 2.20. The fourth-order valence-electron chi connectivity index (χ4n) is 1.22. The van der Waals surface area contributed by atoms with E-state index in [0.717, 1.165) is 5.75 Å². The van der Waals surface area contributed by atoms with Gasteiger partial charge in [0.05, 0.1) is 6.04 Å². The number of amides is 1. The van der Waals surface area contributed by atoms with Crippen LogP contribution in [0.3, 0.4) is 0 Å². The fourth-order valence-corrected chi connectivity index (χ4v) is 1.22. The van der Waals surface area contributed by atoms with Gasteiger partial charge in [0.1, 0.15) is 11.4 Å². The average molecular weight is 236 g/mol. The number of hydrogen-bond donors (Lipinski definition) is 2. The van der Waals surface area contributed by atoms with Crippen LogP contribution in [0.1, 0.15) is 27.7 Å². The lowest BCUT2D eigenvalue weighted by molar-refractivity contribution is -0.117. The number of rotatable bonds is 3. The summed E-state index contributed by atoms with van der Waals surface area (Å²) in [7, 11) is 0. The van der Waals surface area contributed by atoms with Crippen LogP contribution in [0, 0.1) is 0 Å². The maximum Gasteiger partial charge on any atom is 0.240 e. The number of carbonyl (C=O) groups excluding carboxylic acids is 1. The van der Waals surface area contributed by atoms with E-state index in [0.29, 0.717) is 5.69 Å². The van der Waals surface area contributed by atoms with Crippen molar-refractivity contribution in [3.63, 3.8) is 0 Å². The summed E-state index contributed by atoms with van der Waals surface area (Å²) in [5, 5.41) is 2.71. The van der Waals surface area contributed by atoms with Gasteiger partial charge in [-0.25, -0.2) is 0 Å². The van der Waals surface area contributed by atoms with Crippen molar-refractivity contribution in [1.82, 2.24) is 0 Å². The molecule has 0 bridgehead atoms. The van der Waals surface area contributed by atoms with Crippen molar-refractivity contribution < 1.29 is 9.53 Å². The van der Waals surface area contributed by atoms with E-state index in [1.165, 1.54) is 0 Å². The predicted octanol–water partition coefficient (Wildman–Crippen LogP) is 2.15. The number of ether oxygens (including phenoxy) is 1. The van der Waals surface area contributed by atoms with Crippen molar-refractivity contribution >= 4 is 11.6 Å². The lowest BCUT2D eigenvalue weighted by Gasteiger charge is -2.21. The second-order valence-electron chi connectivity index (χ2n) is 5.02. The Morgan fingerprint density at radius 2 is 1.82 bits per heavy atom. The molecule has 1 rings (SSSR count). The first-order valence-electron chi connectivity index (χ1n) is 5.63. The molecule has 0 aliphatic heterocycles. The molecule has 4 heteroatoms. The Morgan fingerprint density at radius 1 is 1.29 bits per heavy atom. The van der Waals surface area contributed by atoms with Crippen LogP contribution in [0.4, 0.5) is 5.69 Å². The Labute approximate surface area is 102 Å². The van der Waals surface area contributed by atoms with Gasteiger partial charge in [0.25, 0.3) is 0 Å². The zero-order chi connectivity index (χ0) is 13.1. The largest absolute Gasteiger partial charge is 0.488 e. The van der Waals surface area contributed by atoms with E-state index in [2.05, 4.69) is 5.32 Å². The van der Waals surface area contributed by atoms with Crippen molar-refractivity contribution in [2.45, 2.75) is 39.3 Å². The fraction of sp³-hybridized carbons (Fsp3) is 0.462. The molecule has 1 amide bonds. The third-order valence-electron chi connectivity index (χ3n) is 1.96. The summed E-state index contributed by atoms with van der Waals surface area (Å²) in [4.78, 5) is 11.4. The molecule has 17 heavy (non-hydrogen) atoms. The zero-order valence-corrected chi connectivity index (χ0v) is 10.8. The summed E-state index contributed by atoms with van der Waals surface area (Å²) >= 11 is 0. The highest BCUT2D eigenvalue weighted by molar-refractivity contribution is 5.94. The van der Waals surface area contributed by atoms with Crippen molar-refractivity contribution in [1.29, 1.82) is 0 Å². The molecule has 0 fully saturated rings. The minimum Gasteiger partial charge on any atom is -0.488 e. The molecule has 0 aliphatic carbocycles. The van der Waals surface area contributed by atoms with E-state index in [1.54, 1.807) is 19.1 Å². The molecule has 1 unspecified atom stereocenters. The van der Waals surface area contributed by atoms with E-state index >= 15 is 0 Å². The summed E-state index contributed by atoms with van der Waals surface area (Å²) in [6, 6.07) is 6.72. The molecule has 1 aromatic rings. The molecular formula is C13H20N2O2. The van der Waals surface area contributed by atoms with Crippen LogP contribution < -0.4 is 15.8 Å². The molecule has 1 atom stereocenters. The number of anilines is 1. The lowest BCUT2D eigenvalue weighted by Crippen LogP contribution is -2.32. The first-order chi connectivity index (χ1) is 7.78. The molecule has 0 heterocycles. The van der Waals surface area contributed by atoms with E-state index in [4.69, 9.17) is 10.5 Å². The first-order valence-corrected chi connectivity index (χ1v) is 5.63. The smallest absolute Gasteiger partial charge is 0.240 e. The van der Waals surface area contributed by atoms with E-state index in [1.807, 2.05) is 32.9 Å². The Kier molecular flexibility index (Phi) is 4.12. The minimum atomic E-state index is -0.513. The number of nitrogens with one attached hydrogen (secondary N) is 1. The minimum absolute atomic E-state index is 0.200. The SMILES string of the molecule is CC(N)C(=O)Nc1ccc(OC(C)(C)C)cc1. The molecule has 0 aromatic heterocycles. The Balaban J connectivity index is 2.65. The number of benzene rings is 1. The van der Waals surface area contributed by atoms with E-state index < -0.39 is 6.04 Å². The Bertz CT molecular complexity index is 377. The summed E-state index contributed by atoms with van der Waals surface area (Å²) in [5.74, 6) is 0.575. The molecule has 1 aromatic carbocycles. The van der Waals surface area contributed by atoms with Gasteiger partial charge < -0.3 is 15.8 Å². The zero-order valence-electron chi connectivity index (χ0n) is 10.8. The molecule has 0 aliphatic rings. The van der Waals surface area contributed by atoms with Gasteiger partial charge in [-0.05, 0) is 52.0 Å². The van der Waals surface area contributed by atoms with E-state index in [9.17, 15) is 4.79 Å². The van der Waals surface area contributed by atoms with Crippen LogP contribution in [0.15, 0.2) is 24.3 Å². The number of nitrogens with two attached hydrogens (primary N) is 1. The number of hydrogen-bond acceptors (Lipinski definition) is 3. The molecule has 94 valence electrons. The van der Waals surface area contributed by atoms with Gasteiger partial charge in [0.2, 0.25) is 5.91 Å². The monoisotopic (exact) mass is 236 g/mol. The standard InChI is InChI=1S/C13H20N2O2/c1-9(14)12(16)15-10-5-7-11(8-6-10)17-13(2,3)4/h5-9H,14H2,1-4H3,(H,15,16). The third-order valence-corrected chi connectivity index (χ3v) is 1.96. The average Bonchev–Trinajstić information content (AvgIpc) is 2.18. The van der Waals surface area contributed by atoms with Gasteiger partial charge in [0, 0.05) is 5.69 Å².